The molecule has 0 saturated heterocycles. The molecule has 6 nitrogen and oxygen atoms in total. The molecule has 1 heterocycles. The molecule has 2 aromatic rings. The molecule has 22 heavy (non-hydrogen) atoms. The molecule has 0 unspecified atom stereocenters. The molecule has 0 amide bonds. The highest BCUT2D eigenvalue weighted by atomic mass is 32.2. The Morgan fingerprint density at radius 1 is 1.18 bits per heavy atom. The molecule has 0 radical (unpaired) electrons. The predicted octanol–water partition coefficient (Wildman–Crippen LogP) is 2.73. The highest BCUT2D eigenvalue weighted by Crippen LogP contribution is 2.36. The van der Waals surface area contributed by atoms with Crippen molar-refractivity contribution >= 4 is 21.4 Å². The van der Waals surface area contributed by atoms with E-state index in [2.05, 4.69) is 0 Å². The van der Waals surface area contributed by atoms with E-state index in [4.69, 9.17) is 0 Å². The Morgan fingerprint density at radius 2 is 1.91 bits per heavy atom. The number of hydrogen-bond donors (Lipinski definition) is 0. The van der Waals surface area contributed by atoms with Crippen LogP contribution in [0.3, 0.4) is 0 Å². The second-order valence-electron chi connectivity index (χ2n) is 5.24. The molecule has 0 fully saturated rings. The van der Waals surface area contributed by atoms with Crippen molar-refractivity contribution in [2.75, 3.05) is 4.31 Å². The summed E-state index contributed by atoms with van der Waals surface area (Å²) in [7, 11) is -3.83. The summed E-state index contributed by atoms with van der Waals surface area (Å²) in [5, 5.41) is 10.9. The third kappa shape index (κ3) is 2.23. The molecule has 7 heteroatoms. The number of para-hydroxylation sites is 1. The lowest BCUT2D eigenvalue weighted by Crippen LogP contribution is -2.35. The predicted molar refractivity (Wildman–Crippen MR) is 82.4 cm³/mol. The summed E-state index contributed by atoms with van der Waals surface area (Å²) in [6, 6.07) is 12.2. The zero-order valence-electron chi connectivity index (χ0n) is 11.8. The van der Waals surface area contributed by atoms with Gasteiger partial charge in [0.1, 0.15) is 0 Å². The van der Waals surface area contributed by atoms with Crippen molar-refractivity contribution in [1.82, 2.24) is 0 Å². The Bertz CT molecular complexity index is 848. The van der Waals surface area contributed by atoms with Gasteiger partial charge in [0.25, 0.3) is 15.7 Å². The van der Waals surface area contributed by atoms with Crippen LogP contribution in [0.1, 0.15) is 12.5 Å². The Labute approximate surface area is 128 Å². The first-order chi connectivity index (χ1) is 10.4. The summed E-state index contributed by atoms with van der Waals surface area (Å²) in [6.45, 7) is 1.83. The van der Waals surface area contributed by atoms with E-state index in [1.165, 1.54) is 22.5 Å². The van der Waals surface area contributed by atoms with E-state index < -0.39 is 14.9 Å². The number of anilines is 1. The van der Waals surface area contributed by atoms with Crippen molar-refractivity contribution in [3.8, 4) is 0 Å². The van der Waals surface area contributed by atoms with Crippen LogP contribution in [0, 0.1) is 10.1 Å². The number of non-ortho nitro benzene ring substituents is 1. The summed E-state index contributed by atoms with van der Waals surface area (Å²) in [5.74, 6) is 0. The van der Waals surface area contributed by atoms with Crippen LogP contribution in [-0.4, -0.2) is 19.4 Å². The number of hydrogen-bond acceptors (Lipinski definition) is 4. The van der Waals surface area contributed by atoms with Gasteiger partial charge in [-0.3, -0.25) is 14.4 Å². The molecule has 2 aromatic carbocycles. The summed E-state index contributed by atoms with van der Waals surface area (Å²) >= 11 is 0. The molecule has 1 atom stereocenters. The third-order valence-electron chi connectivity index (χ3n) is 3.73. The molecule has 3 rings (SSSR count). The van der Waals surface area contributed by atoms with E-state index in [1.807, 2.05) is 19.1 Å². The van der Waals surface area contributed by atoms with Crippen LogP contribution in [0.15, 0.2) is 53.4 Å². The molecular formula is C15H14N2O4S. The molecule has 0 aliphatic carbocycles. The van der Waals surface area contributed by atoms with Crippen molar-refractivity contribution in [1.29, 1.82) is 0 Å². The maximum absolute atomic E-state index is 12.9. The first-order valence-corrected chi connectivity index (χ1v) is 8.22. The van der Waals surface area contributed by atoms with Gasteiger partial charge >= 0.3 is 0 Å². The molecule has 0 saturated carbocycles. The lowest BCUT2D eigenvalue weighted by Gasteiger charge is -2.24. The van der Waals surface area contributed by atoms with E-state index in [9.17, 15) is 18.5 Å². The number of nitrogens with zero attached hydrogens (tertiary/aromatic N) is 2. The van der Waals surface area contributed by atoms with Crippen LogP contribution in [0.2, 0.25) is 0 Å². The van der Waals surface area contributed by atoms with Crippen molar-refractivity contribution in [2.24, 2.45) is 0 Å². The van der Waals surface area contributed by atoms with Crippen LogP contribution >= 0.6 is 0 Å². The highest BCUT2D eigenvalue weighted by molar-refractivity contribution is 7.92. The maximum atomic E-state index is 12.9. The fourth-order valence-electron chi connectivity index (χ4n) is 2.77. The third-order valence-corrected chi connectivity index (χ3v) is 5.65. The molecular weight excluding hydrogens is 304 g/mol. The second kappa shape index (κ2) is 5.10. The van der Waals surface area contributed by atoms with Gasteiger partial charge in [0.05, 0.1) is 15.5 Å². The quantitative estimate of drug-likeness (QED) is 0.643. The molecule has 0 N–H and O–H groups in total. The Morgan fingerprint density at radius 3 is 2.64 bits per heavy atom. The standard InChI is InChI=1S/C15H14N2O4S/c1-11-9-12-5-2-3-8-15(12)16(11)22(20,21)14-7-4-6-13(10-14)17(18)19/h2-8,10-11H,9H2,1H3/t11-/m0/s1. The zero-order valence-corrected chi connectivity index (χ0v) is 12.7. The van der Waals surface area contributed by atoms with Crippen LogP contribution in [-0.2, 0) is 16.4 Å². The number of nitro groups is 1. The average Bonchev–Trinajstić information content (AvgIpc) is 2.83. The molecule has 0 spiro atoms. The van der Waals surface area contributed by atoms with Gasteiger partial charge in [0, 0.05) is 18.2 Å². The van der Waals surface area contributed by atoms with E-state index in [-0.39, 0.29) is 16.6 Å². The first kappa shape index (κ1) is 14.5. The average molecular weight is 318 g/mol. The molecule has 1 aliphatic heterocycles. The summed E-state index contributed by atoms with van der Waals surface area (Å²) in [5.41, 5.74) is 1.37. The smallest absolute Gasteiger partial charge is 0.263 e. The van der Waals surface area contributed by atoms with Crippen LogP contribution in [0.25, 0.3) is 0 Å². The van der Waals surface area contributed by atoms with Gasteiger partial charge < -0.3 is 0 Å². The topological polar surface area (TPSA) is 80.5 Å². The summed E-state index contributed by atoms with van der Waals surface area (Å²) < 4.78 is 27.1. The van der Waals surface area contributed by atoms with Crippen molar-refractivity contribution in [2.45, 2.75) is 24.3 Å². The Hall–Kier alpha value is -2.41. The monoisotopic (exact) mass is 318 g/mol. The number of nitro benzene ring substituents is 1. The van der Waals surface area contributed by atoms with Gasteiger partial charge in [0.15, 0.2) is 0 Å². The number of fused-ring (bicyclic) bond motifs is 1. The number of rotatable bonds is 3. The van der Waals surface area contributed by atoms with Gasteiger partial charge in [-0.2, -0.15) is 0 Å². The lowest BCUT2D eigenvalue weighted by atomic mass is 10.1. The molecule has 0 aromatic heterocycles. The van der Waals surface area contributed by atoms with Crippen molar-refractivity contribution < 1.29 is 13.3 Å². The summed E-state index contributed by atoms with van der Waals surface area (Å²) in [4.78, 5) is 10.2. The van der Waals surface area contributed by atoms with Gasteiger partial charge in [-0.15, -0.1) is 0 Å². The van der Waals surface area contributed by atoms with Gasteiger partial charge in [0.2, 0.25) is 0 Å². The van der Waals surface area contributed by atoms with E-state index in [0.29, 0.717) is 12.1 Å². The van der Waals surface area contributed by atoms with E-state index in [1.54, 1.807) is 12.1 Å². The summed E-state index contributed by atoms with van der Waals surface area (Å²) in [6.07, 6.45) is 0.629. The van der Waals surface area contributed by atoms with Crippen molar-refractivity contribution in [3.05, 3.63) is 64.2 Å². The fraction of sp³-hybridized carbons (Fsp3) is 0.200. The van der Waals surface area contributed by atoms with Gasteiger partial charge in [-0.1, -0.05) is 24.3 Å². The second-order valence-corrected chi connectivity index (χ2v) is 7.05. The minimum Gasteiger partial charge on any atom is -0.263 e. The SMILES string of the molecule is C[C@H]1Cc2ccccc2N1S(=O)(=O)c1cccc([N+](=O)[O-])c1. The van der Waals surface area contributed by atoms with Crippen molar-refractivity contribution in [3.63, 3.8) is 0 Å². The molecule has 1 aliphatic rings. The Balaban J connectivity index is 2.11. The number of sulfonamides is 1. The lowest BCUT2D eigenvalue weighted by molar-refractivity contribution is -0.385. The van der Waals surface area contributed by atoms with Crippen LogP contribution in [0.4, 0.5) is 11.4 Å². The minimum atomic E-state index is -3.83. The maximum Gasteiger partial charge on any atom is 0.270 e. The fourth-order valence-corrected chi connectivity index (χ4v) is 4.51. The first-order valence-electron chi connectivity index (χ1n) is 6.78. The normalized spacial score (nSPS) is 17.3. The van der Waals surface area contributed by atoms with Crippen LogP contribution in [0.5, 0.6) is 0 Å². The van der Waals surface area contributed by atoms with Gasteiger partial charge in [-0.25, -0.2) is 8.42 Å². The van der Waals surface area contributed by atoms with E-state index in [0.717, 1.165) is 11.6 Å². The van der Waals surface area contributed by atoms with Gasteiger partial charge in [-0.05, 0) is 31.0 Å². The minimum absolute atomic E-state index is 0.0646. The highest BCUT2D eigenvalue weighted by Gasteiger charge is 2.36. The molecule has 0 bridgehead atoms. The molecule has 114 valence electrons. The number of benzene rings is 2. The zero-order chi connectivity index (χ0) is 15.9. The van der Waals surface area contributed by atoms with Crippen LogP contribution < -0.4 is 4.31 Å². The van der Waals surface area contributed by atoms with E-state index >= 15 is 0 Å². The largest absolute Gasteiger partial charge is 0.270 e. The Kier molecular flexibility index (Phi) is 3.37.